The molecule has 1 unspecified atom stereocenters. The molecule has 0 spiro atoms. The first kappa shape index (κ1) is 27.8. The molecule has 0 aliphatic carbocycles. The Morgan fingerprint density at radius 3 is 2.62 bits per heavy atom. The van der Waals surface area contributed by atoms with E-state index in [2.05, 4.69) is 11.1 Å². The Labute approximate surface area is 228 Å². The molecule has 3 aromatic rings. The average Bonchev–Trinajstić information content (AvgIpc) is 3.25. The second-order valence-electron chi connectivity index (χ2n) is 10.8. The summed E-state index contributed by atoms with van der Waals surface area (Å²) in [7, 11) is 1.34. The Morgan fingerprint density at radius 1 is 1.18 bits per heavy atom. The number of nitrogens with one attached hydrogen (secondary N) is 1. The van der Waals surface area contributed by atoms with Crippen molar-refractivity contribution in [3.05, 3.63) is 58.8 Å². The van der Waals surface area contributed by atoms with Crippen molar-refractivity contribution in [2.75, 3.05) is 13.7 Å². The maximum atomic E-state index is 13.0. The number of rotatable bonds is 7. The normalized spacial score (nSPS) is 15.0. The highest BCUT2D eigenvalue weighted by Gasteiger charge is 2.37. The van der Waals surface area contributed by atoms with Crippen LogP contribution in [-0.4, -0.2) is 47.3 Å². The van der Waals surface area contributed by atoms with Gasteiger partial charge in [0.25, 0.3) is 0 Å². The number of ether oxygens (including phenoxy) is 4. The van der Waals surface area contributed by atoms with E-state index in [1.165, 1.54) is 7.11 Å². The van der Waals surface area contributed by atoms with E-state index in [1.54, 1.807) is 17.0 Å². The SMILES string of the molecule is COC(=O)CC1c2[nH]c3ccc(OCc4ccc(OC(C)C)c(C#N)c4)cc3c2CCN1C(=O)OC(C)(C)C. The molecule has 1 atom stereocenters. The molecular formula is C30H35N3O6. The van der Waals surface area contributed by atoms with Gasteiger partial charge in [0, 0.05) is 23.1 Å². The van der Waals surface area contributed by atoms with Crippen molar-refractivity contribution in [1.82, 2.24) is 9.88 Å². The van der Waals surface area contributed by atoms with E-state index in [-0.39, 0.29) is 19.1 Å². The van der Waals surface area contributed by atoms with Crippen molar-refractivity contribution in [3.8, 4) is 17.6 Å². The van der Waals surface area contributed by atoms with Gasteiger partial charge in [0.15, 0.2) is 0 Å². The fourth-order valence-corrected chi connectivity index (χ4v) is 4.71. The Bertz CT molecular complexity index is 1410. The number of nitrogens with zero attached hydrogens (tertiary/aromatic N) is 2. The fraction of sp³-hybridized carbons (Fsp3) is 0.433. The van der Waals surface area contributed by atoms with Crippen molar-refractivity contribution in [1.29, 1.82) is 5.26 Å². The van der Waals surface area contributed by atoms with Crippen LogP contribution < -0.4 is 9.47 Å². The van der Waals surface area contributed by atoms with Gasteiger partial charge in [-0.2, -0.15) is 5.26 Å². The molecule has 0 fully saturated rings. The number of carbonyl (C=O) groups excluding carboxylic acids is 2. The molecule has 1 aliphatic heterocycles. The van der Waals surface area contributed by atoms with Gasteiger partial charge in [-0.1, -0.05) is 6.07 Å². The number of benzene rings is 2. The standard InChI is InChI=1S/C30H35N3O6/c1-18(2)38-26-10-7-19(13-20(26)16-31)17-37-21-8-9-24-23(14-21)22-11-12-33(29(35)39-30(3,4)5)25(28(22)32-24)15-27(34)36-6/h7-10,13-14,18,25,32H,11-12,15,17H2,1-6H3. The number of esters is 1. The van der Waals surface area contributed by atoms with Gasteiger partial charge in [0.2, 0.25) is 0 Å². The largest absolute Gasteiger partial charge is 0.490 e. The quantitative estimate of drug-likeness (QED) is 0.382. The fourth-order valence-electron chi connectivity index (χ4n) is 4.71. The lowest BCUT2D eigenvalue weighted by Crippen LogP contribution is -2.43. The third-order valence-corrected chi connectivity index (χ3v) is 6.37. The molecule has 1 amide bonds. The predicted molar refractivity (Wildman–Crippen MR) is 146 cm³/mol. The maximum Gasteiger partial charge on any atom is 0.410 e. The van der Waals surface area contributed by atoms with Crippen molar-refractivity contribution < 1.29 is 28.5 Å². The highest BCUT2D eigenvalue weighted by atomic mass is 16.6. The third kappa shape index (κ3) is 6.45. The van der Waals surface area contributed by atoms with Gasteiger partial charge in [0.05, 0.1) is 31.2 Å². The summed E-state index contributed by atoms with van der Waals surface area (Å²) in [6.07, 6.45) is 0.114. The molecule has 206 valence electrons. The number of nitriles is 1. The van der Waals surface area contributed by atoms with E-state index in [0.29, 0.717) is 30.0 Å². The van der Waals surface area contributed by atoms with Gasteiger partial charge in [-0.25, -0.2) is 4.79 Å². The highest BCUT2D eigenvalue weighted by Crippen LogP contribution is 2.38. The van der Waals surface area contributed by atoms with Gasteiger partial charge in [-0.15, -0.1) is 0 Å². The molecule has 4 rings (SSSR count). The number of carbonyl (C=O) groups is 2. The molecule has 39 heavy (non-hydrogen) atoms. The van der Waals surface area contributed by atoms with Gasteiger partial charge in [0.1, 0.15) is 29.8 Å². The first-order chi connectivity index (χ1) is 18.5. The maximum absolute atomic E-state index is 13.0. The van der Waals surface area contributed by atoms with Gasteiger partial charge in [-0.3, -0.25) is 9.69 Å². The minimum atomic E-state index is -0.657. The van der Waals surface area contributed by atoms with Crippen LogP contribution in [0.25, 0.3) is 10.9 Å². The molecule has 1 aromatic heterocycles. The van der Waals surface area contributed by atoms with E-state index in [0.717, 1.165) is 27.7 Å². The summed E-state index contributed by atoms with van der Waals surface area (Å²) < 4.78 is 22.3. The first-order valence-electron chi connectivity index (χ1n) is 13.0. The number of hydrogen-bond donors (Lipinski definition) is 1. The lowest BCUT2D eigenvalue weighted by atomic mass is 9.95. The molecule has 0 saturated carbocycles. The number of hydrogen-bond acceptors (Lipinski definition) is 7. The van der Waals surface area contributed by atoms with Crippen LogP contribution in [0.1, 0.15) is 69.5 Å². The first-order valence-corrected chi connectivity index (χ1v) is 13.0. The second kappa shape index (κ2) is 11.3. The topological polar surface area (TPSA) is 114 Å². The second-order valence-corrected chi connectivity index (χ2v) is 10.8. The number of aromatic amines is 1. The molecule has 1 N–H and O–H groups in total. The van der Waals surface area contributed by atoms with E-state index in [9.17, 15) is 14.9 Å². The summed E-state index contributed by atoms with van der Waals surface area (Å²) in [6.45, 7) is 9.97. The third-order valence-electron chi connectivity index (χ3n) is 6.37. The van der Waals surface area contributed by atoms with E-state index >= 15 is 0 Å². The van der Waals surface area contributed by atoms with Crippen LogP contribution >= 0.6 is 0 Å². The number of H-pyrrole nitrogens is 1. The smallest absolute Gasteiger partial charge is 0.410 e. The van der Waals surface area contributed by atoms with Crippen LogP contribution in [0.5, 0.6) is 11.5 Å². The van der Waals surface area contributed by atoms with Crippen LogP contribution in [0.3, 0.4) is 0 Å². The Hall–Kier alpha value is -4.19. The summed E-state index contributed by atoms with van der Waals surface area (Å²) in [6, 6.07) is 12.9. The minimum absolute atomic E-state index is 0.0106. The molecule has 0 bridgehead atoms. The Morgan fingerprint density at radius 2 is 1.95 bits per heavy atom. The molecule has 2 aromatic carbocycles. The number of aromatic nitrogens is 1. The van der Waals surface area contributed by atoms with Crippen molar-refractivity contribution >= 4 is 23.0 Å². The molecule has 1 aliphatic rings. The molecule has 0 radical (unpaired) electrons. The van der Waals surface area contributed by atoms with E-state index in [1.807, 2.05) is 58.9 Å². The summed E-state index contributed by atoms with van der Waals surface area (Å²) >= 11 is 0. The number of methoxy groups -OCH3 is 1. The highest BCUT2D eigenvalue weighted by molar-refractivity contribution is 5.87. The van der Waals surface area contributed by atoms with Gasteiger partial charge < -0.3 is 23.9 Å². The monoisotopic (exact) mass is 533 g/mol. The minimum Gasteiger partial charge on any atom is -0.490 e. The van der Waals surface area contributed by atoms with Crippen LogP contribution in [0.4, 0.5) is 4.79 Å². The zero-order valence-electron chi connectivity index (χ0n) is 23.3. The molecule has 9 nitrogen and oxygen atoms in total. The molecular weight excluding hydrogens is 498 g/mol. The van der Waals surface area contributed by atoms with Crippen molar-refractivity contribution in [2.45, 2.75) is 71.8 Å². The van der Waals surface area contributed by atoms with Crippen LogP contribution in [0, 0.1) is 11.3 Å². The van der Waals surface area contributed by atoms with Crippen molar-refractivity contribution in [3.63, 3.8) is 0 Å². The van der Waals surface area contributed by atoms with Gasteiger partial charge in [-0.05, 0) is 82.5 Å². The van der Waals surface area contributed by atoms with Crippen molar-refractivity contribution in [2.24, 2.45) is 0 Å². The summed E-state index contributed by atoms with van der Waals surface area (Å²) in [5, 5.41) is 10.5. The molecule has 2 heterocycles. The summed E-state index contributed by atoms with van der Waals surface area (Å²) in [5.74, 6) is 0.814. The molecule has 0 saturated heterocycles. The van der Waals surface area contributed by atoms with Crippen LogP contribution in [0.2, 0.25) is 0 Å². The Balaban J connectivity index is 1.59. The summed E-state index contributed by atoms with van der Waals surface area (Å²) in [5.41, 5.74) is 3.37. The van der Waals surface area contributed by atoms with E-state index < -0.39 is 23.7 Å². The summed E-state index contributed by atoms with van der Waals surface area (Å²) in [4.78, 5) is 30.3. The molecule has 9 heteroatoms. The van der Waals surface area contributed by atoms with Gasteiger partial charge >= 0.3 is 12.1 Å². The van der Waals surface area contributed by atoms with Crippen LogP contribution in [-0.2, 0) is 27.3 Å². The number of amides is 1. The van der Waals surface area contributed by atoms with E-state index in [4.69, 9.17) is 18.9 Å². The Kier molecular flexibility index (Phi) is 8.05. The zero-order valence-corrected chi connectivity index (χ0v) is 23.3. The lowest BCUT2D eigenvalue weighted by Gasteiger charge is -2.36. The average molecular weight is 534 g/mol. The predicted octanol–water partition coefficient (Wildman–Crippen LogP) is 5.80. The van der Waals surface area contributed by atoms with Crippen LogP contribution in [0.15, 0.2) is 36.4 Å². The zero-order chi connectivity index (χ0) is 28.3. The number of fused-ring (bicyclic) bond motifs is 3. The lowest BCUT2D eigenvalue weighted by molar-refractivity contribution is -0.142.